The predicted octanol–water partition coefficient (Wildman–Crippen LogP) is 2.57. The van der Waals surface area contributed by atoms with Gasteiger partial charge in [-0.25, -0.2) is 0 Å². The molecule has 96 valence electrons. The standard InChI is InChI=1S/C15H15N3O/c1-18-14(12-7-4-5-9-16-12)10-13(17-18)11-6-2-3-8-15(11)19/h2-9,14,19H,10H2,1H3. The van der Waals surface area contributed by atoms with E-state index >= 15 is 0 Å². The van der Waals surface area contributed by atoms with E-state index in [-0.39, 0.29) is 11.8 Å². The van der Waals surface area contributed by atoms with Gasteiger partial charge >= 0.3 is 0 Å². The average Bonchev–Trinajstić information content (AvgIpc) is 2.82. The van der Waals surface area contributed by atoms with Gasteiger partial charge in [0.15, 0.2) is 0 Å². The van der Waals surface area contributed by atoms with Crippen LogP contribution in [0.1, 0.15) is 23.7 Å². The van der Waals surface area contributed by atoms with Crippen molar-refractivity contribution in [3.63, 3.8) is 0 Å². The van der Waals surface area contributed by atoms with E-state index in [9.17, 15) is 5.11 Å². The van der Waals surface area contributed by atoms with Crippen LogP contribution in [0.5, 0.6) is 5.75 Å². The molecule has 2 heterocycles. The molecule has 4 nitrogen and oxygen atoms in total. The molecule has 0 saturated carbocycles. The van der Waals surface area contributed by atoms with Gasteiger partial charge in [-0.05, 0) is 24.3 Å². The summed E-state index contributed by atoms with van der Waals surface area (Å²) in [5.41, 5.74) is 2.70. The van der Waals surface area contributed by atoms with E-state index in [2.05, 4.69) is 10.1 Å². The van der Waals surface area contributed by atoms with Crippen LogP contribution in [0.15, 0.2) is 53.8 Å². The third kappa shape index (κ3) is 2.17. The second-order valence-corrected chi connectivity index (χ2v) is 4.61. The second kappa shape index (κ2) is 4.72. The molecule has 0 fully saturated rings. The first kappa shape index (κ1) is 11.7. The van der Waals surface area contributed by atoms with Crippen molar-refractivity contribution in [3.8, 4) is 5.75 Å². The van der Waals surface area contributed by atoms with E-state index < -0.39 is 0 Å². The molecule has 1 atom stereocenters. The maximum absolute atomic E-state index is 9.90. The summed E-state index contributed by atoms with van der Waals surface area (Å²) < 4.78 is 0. The van der Waals surface area contributed by atoms with Gasteiger partial charge in [0.05, 0.1) is 17.4 Å². The van der Waals surface area contributed by atoms with E-state index in [0.29, 0.717) is 0 Å². The summed E-state index contributed by atoms with van der Waals surface area (Å²) in [5, 5.41) is 16.3. The molecular weight excluding hydrogens is 238 g/mol. The number of phenolic OH excluding ortho intramolecular Hbond substituents is 1. The number of hydrazone groups is 1. The van der Waals surface area contributed by atoms with Crippen LogP contribution in [0.25, 0.3) is 0 Å². The molecule has 1 aliphatic rings. The highest BCUT2D eigenvalue weighted by atomic mass is 16.3. The van der Waals surface area contributed by atoms with Crippen LogP contribution in [0, 0.1) is 0 Å². The van der Waals surface area contributed by atoms with E-state index in [1.165, 1.54) is 0 Å². The van der Waals surface area contributed by atoms with Gasteiger partial charge in [0.25, 0.3) is 0 Å². The lowest BCUT2D eigenvalue weighted by atomic mass is 10.0. The first-order valence-corrected chi connectivity index (χ1v) is 6.25. The number of pyridine rings is 1. The first-order valence-electron chi connectivity index (χ1n) is 6.25. The van der Waals surface area contributed by atoms with Crippen molar-refractivity contribution in [1.82, 2.24) is 9.99 Å². The number of para-hydroxylation sites is 1. The Morgan fingerprint density at radius 1 is 1.16 bits per heavy atom. The normalized spacial score (nSPS) is 18.5. The number of hydrogen-bond acceptors (Lipinski definition) is 4. The van der Waals surface area contributed by atoms with Gasteiger partial charge in [-0.3, -0.25) is 9.99 Å². The van der Waals surface area contributed by atoms with Crippen LogP contribution < -0.4 is 0 Å². The fourth-order valence-electron chi connectivity index (χ4n) is 2.37. The molecule has 0 spiro atoms. The van der Waals surface area contributed by atoms with Crippen molar-refractivity contribution in [2.45, 2.75) is 12.5 Å². The van der Waals surface area contributed by atoms with Crippen LogP contribution >= 0.6 is 0 Å². The largest absolute Gasteiger partial charge is 0.507 e. The molecule has 19 heavy (non-hydrogen) atoms. The van der Waals surface area contributed by atoms with E-state index in [4.69, 9.17) is 0 Å². The number of aromatic nitrogens is 1. The summed E-state index contributed by atoms with van der Waals surface area (Å²) in [7, 11) is 1.94. The van der Waals surface area contributed by atoms with Gasteiger partial charge in [0, 0.05) is 25.2 Å². The molecule has 1 aliphatic heterocycles. The number of phenols is 1. The van der Waals surface area contributed by atoms with Gasteiger partial charge in [0.2, 0.25) is 0 Å². The van der Waals surface area contributed by atoms with Gasteiger partial charge < -0.3 is 5.11 Å². The van der Waals surface area contributed by atoms with Crippen molar-refractivity contribution in [1.29, 1.82) is 0 Å². The van der Waals surface area contributed by atoms with Crippen LogP contribution in [0.4, 0.5) is 0 Å². The molecule has 1 aromatic heterocycles. The SMILES string of the molecule is CN1N=C(c2ccccc2O)CC1c1ccccn1. The molecule has 0 saturated heterocycles. The summed E-state index contributed by atoms with van der Waals surface area (Å²) in [5.74, 6) is 0.274. The van der Waals surface area contributed by atoms with Gasteiger partial charge in [0.1, 0.15) is 5.75 Å². The van der Waals surface area contributed by atoms with Crippen LogP contribution in [-0.4, -0.2) is 27.9 Å². The third-order valence-corrected chi connectivity index (χ3v) is 3.36. The van der Waals surface area contributed by atoms with Crippen molar-refractivity contribution in [3.05, 3.63) is 59.9 Å². The quantitative estimate of drug-likeness (QED) is 0.894. The lowest BCUT2D eigenvalue weighted by Gasteiger charge is -2.17. The van der Waals surface area contributed by atoms with Crippen molar-refractivity contribution in [2.75, 3.05) is 7.05 Å². The molecule has 0 aliphatic carbocycles. The zero-order valence-corrected chi connectivity index (χ0v) is 10.7. The topological polar surface area (TPSA) is 48.7 Å². The predicted molar refractivity (Wildman–Crippen MR) is 74.0 cm³/mol. The number of aromatic hydroxyl groups is 1. The zero-order valence-electron chi connectivity index (χ0n) is 10.7. The van der Waals surface area contributed by atoms with Crippen molar-refractivity contribution >= 4 is 5.71 Å². The Labute approximate surface area is 112 Å². The molecule has 0 radical (unpaired) electrons. The Kier molecular flexibility index (Phi) is 2.91. The second-order valence-electron chi connectivity index (χ2n) is 4.61. The molecule has 0 amide bonds. The molecule has 3 rings (SSSR count). The Hall–Kier alpha value is -2.36. The Balaban J connectivity index is 1.89. The maximum atomic E-state index is 9.90. The number of rotatable bonds is 2. The lowest BCUT2D eigenvalue weighted by Crippen LogP contribution is -2.15. The highest BCUT2D eigenvalue weighted by molar-refractivity contribution is 6.03. The fraction of sp³-hybridized carbons (Fsp3) is 0.200. The summed E-state index contributed by atoms with van der Waals surface area (Å²) in [6.45, 7) is 0. The minimum Gasteiger partial charge on any atom is -0.507 e. The van der Waals surface area contributed by atoms with Crippen molar-refractivity contribution in [2.24, 2.45) is 5.10 Å². The highest BCUT2D eigenvalue weighted by Gasteiger charge is 2.27. The average molecular weight is 253 g/mol. The summed E-state index contributed by atoms with van der Waals surface area (Å²) in [6.07, 6.45) is 2.55. The molecular formula is C15H15N3O. The van der Waals surface area contributed by atoms with Gasteiger partial charge in [-0.1, -0.05) is 18.2 Å². The smallest absolute Gasteiger partial charge is 0.124 e. The monoisotopic (exact) mass is 253 g/mol. The minimum atomic E-state index is 0.135. The van der Waals surface area contributed by atoms with E-state index in [1.807, 2.05) is 48.5 Å². The van der Waals surface area contributed by atoms with Gasteiger partial charge in [-0.2, -0.15) is 5.10 Å². The van der Waals surface area contributed by atoms with Crippen LogP contribution in [-0.2, 0) is 0 Å². The molecule has 0 bridgehead atoms. The van der Waals surface area contributed by atoms with E-state index in [0.717, 1.165) is 23.4 Å². The van der Waals surface area contributed by atoms with Crippen LogP contribution in [0.2, 0.25) is 0 Å². The first-order chi connectivity index (χ1) is 9.25. The van der Waals surface area contributed by atoms with E-state index in [1.54, 1.807) is 12.3 Å². The maximum Gasteiger partial charge on any atom is 0.124 e. The number of nitrogens with zero attached hydrogens (tertiary/aromatic N) is 3. The third-order valence-electron chi connectivity index (χ3n) is 3.36. The number of hydrogen-bond donors (Lipinski definition) is 1. The summed E-state index contributed by atoms with van der Waals surface area (Å²) in [4.78, 5) is 4.38. The minimum absolute atomic E-state index is 0.135. The van der Waals surface area contributed by atoms with Crippen LogP contribution in [0.3, 0.4) is 0 Å². The molecule has 1 N–H and O–H groups in total. The molecule has 1 unspecified atom stereocenters. The summed E-state index contributed by atoms with van der Waals surface area (Å²) >= 11 is 0. The van der Waals surface area contributed by atoms with Gasteiger partial charge in [-0.15, -0.1) is 0 Å². The Morgan fingerprint density at radius 3 is 2.68 bits per heavy atom. The van der Waals surface area contributed by atoms with Crippen molar-refractivity contribution < 1.29 is 5.11 Å². The molecule has 4 heteroatoms. The lowest BCUT2D eigenvalue weighted by molar-refractivity contribution is 0.284. The molecule has 2 aromatic rings. The highest BCUT2D eigenvalue weighted by Crippen LogP contribution is 2.32. The summed E-state index contributed by atoms with van der Waals surface area (Å²) in [6, 6.07) is 13.3. The fourth-order valence-corrected chi connectivity index (χ4v) is 2.37. The number of benzene rings is 1. The molecule has 1 aromatic carbocycles. The Bertz CT molecular complexity index is 610. The Morgan fingerprint density at radius 2 is 1.95 bits per heavy atom. The zero-order chi connectivity index (χ0) is 13.2.